The lowest BCUT2D eigenvalue weighted by Gasteiger charge is -2.35. The highest BCUT2D eigenvalue weighted by Gasteiger charge is 2.23. The smallest absolute Gasteiger partial charge is 0.254 e. The van der Waals surface area contributed by atoms with Crippen molar-refractivity contribution < 1.29 is 9.53 Å². The maximum absolute atomic E-state index is 12.7. The summed E-state index contributed by atoms with van der Waals surface area (Å²) in [6.07, 6.45) is 3.45. The molecule has 0 radical (unpaired) electrons. The van der Waals surface area contributed by atoms with Crippen LogP contribution in [0.3, 0.4) is 0 Å². The zero-order chi connectivity index (χ0) is 18.6. The van der Waals surface area contributed by atoms with Crippen molar-refractivity contribution in [2.45, 2.75) is 6.54 Å². The predicted octanol–water partition coefficient (Wildman–Crippen LogP) is 2.60. The first-order chi connectivity index (χ1) is 13.2. The Kier molecular flexibility index (Phi) is 4.98. The van der Waals surface area contributed by atoms with Crippen LogP contribution in [0, 0.1) is 0 Å². The largest absolute Gasteiger partial charge is 0.497 e. The molecular weight excluding hydrogens is 340 g/mol. The molecule has 27 heavy (non-hydrogen) atoms. The average molecular weight is 362 g/mol. The Morgan fingerprint density at radius 2 is 1.81 bits per heavy atom. The van der Waals surface area contributed by atoms with Gasteiger partial charge in [-0.15, -0.1) is 0 Å². The molecule has 138 valence electrons. The molecule has 2 heterocycles. The van der Waals surface area contributed by atoms with E-state index in [-0.39, 0.29) is 5.91 Å². The van der Waals surface area contributed by atoms with E-state index >= 15 is 0 Å². The predicted molar refractivity (Wildman–Crippen MR) is 104 cm³/mol. The SMILES string of the molecule is COc1cccc(C(=O)N2CCN(Cc3cccc4nccnc34)CC2)c1. The lowest BCUT2D eigenvalue weighted by Crippen LogP contribution is -2.48. The molecule has 0 aliphatic carbocycles. The van der Waals surface area contributed by atoms with Gasteiger partial charge in [0, 0.05) is 50.7 Å². The molecule has 1 aliphatic rings. The molecule has 0 saturated carbocycles. The highest BCUT2D eigenvalue weighted by molar-refractivity contribution is 5.94. The van der Waals surface area contributed by atoms with Gasteiger partial charge in [-0.25, -0.2) is 0 Å². The van der Waals surface area contributed by atoms with Gasteiger partial charge in [-0.2, -0.15) is 0 Å². The van der Waals surface area contributed by atoms with Crippen molar-refractivity contribution in [3.8, 4) is 5.75 Å². The number of amides is 1. The first-order valence-corrected chi connectivity index (χ1v) is 9.09. The molecule has 1 aliphatic heterocycles. The molecule has 2 aromatic carbocycles. The van der Waals surface area contributed by atoms with Crippen molar-refractivity contribution in [1.82, 2.24) is 19.8 Å². The van der Waals surface area contributed by atoms with Crippen LogP contribution < -0.4 is 4.74 Å². The van der Waals surface area contributed by atoms with E-state index in [1.165, 1.54) is 5.56 Å². The third-order valence-corrected chi connectivity index (χ3v) is 4.95. The molecular formula is C21H22N4O2. The molecule has 0 unspecified atom stereocenters. The van der Waals surface area contributed by atoms with Crippen LogP contribution in [0.2, 0.25) is 0 Å². The number of hydrogen-bond donors (Lipinski definition) is 0. The third kappa shape index (κ3) is 3.75. The Hall–Kier alpha value is -2.99. The van der Waals surface area contributed by atoms with E-state index in [0.29, 0.717) is 24.4 Å². The lowest BCUT2D eigenvalue weighted by molar-refractivity contribution is 0.0628. The summed E-state index contributed by atoms with van der Waals surface area (Å²) in [6, 6.07) is 13.4. The van der Waals surface area contributed by atoms with Crippen molar-refractivity contribution in [3.05, 3.63) is 66.0 Å². The van der Waals surface area contributed by atoms with Crippen molar-refractivity contribution in [1.29, 1.82) is 0 Å². The Balaban J connectivity index is 1.40. The number of fused-ring (bicyclic) bond motifs is 1. The zero-order valence-electron chi connectivity index (χ0n) is 15.3. The molecule has 0 spiro atoms. The molecule has 0 atom stereocenters. The number of methoxy groups -OCH3 is 1. The monoisotopic (exact) mass is 362 g/mol. The summed E-state index contributed by atoms with van der Waals surface area (Å²) in [5, 5.41) is 0. The van der Waals surface area contributed by atoms with E-state index in [0.717, 1.165) is 30.7 Å². The van der Waals surface area contributed by atoms with Crippen molar-refractivity contribution in [2.24, 2.45) is 0 Å². The maximum Gasteiger partial charge on any atom is 0.254 e. The standard InChI is InChI=1S/C21H22N4O2/c1-27-18-6-2-4-16(14-18)21(26)25-12-10-24(11-13-25)15-17-5-3-7-19-20(17)23-9-8-22-19/h2-9,14H,10-13,15H2,1H3. The van der Waals surface area contributed by atoms with Gasteiger partial charge in [-0.1, -0.05) is 18.2 Å². The summed E-state index contributed by atoms with van der Waals surface area (Å²) >= 11 is 0. The Labute approximate surface area is 158 Å². The number of hydrogen-bond acceptors (Lipinski definition) is 5. The van der Waals surface area contributed by atoms with Crippen LogP contribution in [0.4, 0.5) is 0 Å². The average Bonchev–Trinajstić information content (AvgIpc) is 2.74. The highest BCUT2D eigenvalue weighted by atomic mass is 16.5. The number of aromatic nitrogens is 2. The number of carbonyl (C=O) groups is 1. The highest BCUT2D eigenvalue weighted by Crippen LogP contribution is 2.18. The van der Waals surface area contributed by atoms with Crippen LogP contribution in [0.5, 0.6) is 5.75 Å². The van der Waals surface area contributed by atoms with Crippen LogP contribution in [0.1, 0.15) is 15.9 Å². The molecule has 6 nitrogen and oxygen atoms in total. The van der Waals surface area contributed by atoms with Crippen LogP contribution in [-0.2, 0) is 6.54 Å². The van der Waals surface area contributed by atoms with Crippen LogP contribution in [-0.4, -0.2) is 59.0 Å². The normalized spacial score (nSPS) is 15.1. The van der Waals surface area contributed by atoms with E-state index < -0.39 is 0 Å². The van der Waals surface area contributed by atoms with Gasteiger partial charge in [0.25, 0.3) is 5.91 Å². The van der Waals surface area contributed by atoms with E-state index in [2.05, 4.69) is 20.9 Å². The summed E-state index contributed by atoms with van der Waals surface area (Å²) in [4.78, 5) is 25.9. The Bertz CT molecular complexity index is 946. The fraction of sp³-hybridized carbons (Fsp3) is 0.286. The number of carbonyl (C=O) groups excluding carboxylic acids is 1. The Morgan fingerprint density at radius 3 is 2.63 bits per heavy atom. The van der Waals surface area contributed by atoms with E-state index in [4.69, 9.17) is 4.74 Å². The van der Waals surface area contributed by atoms with Crippen LogP contribution in [0.25, 0.3) is 11.0 Å². The summed E-state index contributed by atoms with van der Waals surface area (Å²) in [7, 11) is 1.61. The van der Waals surface area contributed by atoms with Crippen LogP contribution in [0.15, 0.2) is 54.9 Å². The van der Waals surface area contributed by atoms with Crippen molar-refractivity contribution in [3.63, 3.8) is 0 Å². The topological polar surface area (TPSA) is 58.6 Å². The second-order valence-electron chi connectivity index (χ2n) is 6.64. The van der Waals surface area contributed by atoms with Crippen molar-refractivity contribution >= 4 is 16.9 Å². The fourth-order valence-electron chi connectivity index (χ4n) is 3.47. The number of ether oxygens (including phenoxy) is 1. The second kappa shape index (κ2) is 7.72. The first kappa shape index (κ1) is 17.4. The molecule has 1 amide bonds. The van der Waals surface area contributed by atoms with Crippen molar-refractivity contribution in [2.75, 3.05) is 33.3 Å². The summed E-state index contributed by atoms with van der Waals surface area (Å²) < 4.78 is 5.22. The molecule has 0 N–H and O–H groups in total. The van der Waals surface area contributed by atoms with Gasteiger partial charge in [0.05, 0.1) is 18.1 Å². The van der Waals surface area contributed by atoms with Gasteiger partial charge < -0.3 is 9.64 Å². The van der Waals surface area contributed by atoms with Crippen LogP contribution >= 0.6 is 0 Å². The molecule has 6 heteroatoms. The summed E-state index contributed by atoms with van der Waals surface area (Å²) in [5.74, 6) is 0.765. The number of piperazine rings is 1. The van der Waals surface area contributed by atoms with Gasteiger partial charge in [-0.05, 0) is 29.8 Å². The van der Waals surface area contributed by atoms with Gasteiger partial charge >= 0.3 is 0 Å². The lowest BCUT2D eigenvalue weighted by atomic mass is 10.1. The van der Waals surface area contributed by atoms with Gasteiger partial charge in [0.2, 0.25) is 0 Å². The molecule has 1 saturated heterocycles. The number of benzene rings is 2. The van der Waals surface area contributed by atoms with E-state index in [1.807, 2.05) is 35.2 Å². The quantitative estimate of drug-likeness (QED) is 0.714. The second-order valence-corrected chi connectivity index (χ2v) is 6.64. The molecule has 4 rings (SSSR count). The molecule has 1 fully saturated rings. The minimum absolute atomic E-state index is 0.0598. The minimum Gasteiger partial charge on any atom is -0.497 e. The fourth-order valence-corrected chi connectivity index (χ4v) is 3.47. The molecule has 1 aromatic heterocycles. The number of nitrogens with zero attached hydrogens (tertiary/aromatic N) is 4. The summed E-state index contributed by atoms with van der Waals surface area (Å²) in [5.41, 5.74) is 3.72. The molecule has 0 bridgehead atoms. The third-order valence-electron chi connectivity index (χ3n) is 4.95. The van der Waals surface area contributed by atoms with E-state index in [9.17, 15) is 4.79 Å². The molecule has 3 aromatic rings. The van der Waals surface area contributed by atoms with Gasteiger partial charge in [-0.3, -0.25) is 19.7 Å². The summed E-state index contributed by atoms with van der Waals surface area (Å²) in [6.45, 7) is 3.93. The van der Waals surface area contributed by atoms with E-state index in [1.54, 1.807) is 25.6 Å². The first-order valence-electron chi connectivity index (χ1n) is 9.09. The van der Waals surface area contributed by atoms with Gasteiger partial charge in [0.15, 0.2) is 0 Å². The minimum atomic E-state index is 0.0598. The maximum atomic E-state index is 12.7. The Morgan fingerprint density at radius 1 is 1.04 bits per heavy atom. The number of rotatable bonds is 4. The van der Waals surface area contributed by atoms with Gasteiger partial charge in [0.1, 0.15) is 5.75 Å². The number of para-hydroxylation sites is 1. The zero-order valence-corrected chi connectivity index (χ0v) is 15.3.